The second kappa shape index (κ2) is 3.80. The van der Waals surface area contributed by atoms with E-state index in [9.17, 15) is 5.11 Å². The molecular weight excluding hydrogens is 186 g/mol. The highest BCUT2D eigenvalue weighted by Crippen LogP contribution is 2.36. The molecule has 2 rings (SSSR count). The molecule has 1 saturated carbocycles. The van der Waals surface area contributed by atoms with Gasteiger partial charge >= 0.3 is 0 Å². The first-order valence-electron chi connectivity index (χ1n) is 5.31. The number of benzene rings is 1. The molecule has 1 aromatic rings. The Kier molecular flexibility index (Phi) is 2.63. The predicted octanol–water partition coefficient (Wildman–Crippen LogP) is 1.94. The first-order chi connectivity index (χ1) is 7.10. The normalized spacial score (nSPS) is 31.1. The molecule has 0 aliphatic heterocycles. The van der Waals surface area contributed by atoms with Crippen LogP contribution >= 0.6 is 0 Å². The van der Waals surface area contributed by atoms with E-state index in [1.807, 2.05) is 25.1 Å². The van der Waals surface area contributed by atoms with Crippen LogP contribution in [0.2, 0.25) is 0 Å². The van der Waals surface area contributed by atoms with Gasteiger partial charge in [-0.3, -0.25) is 0 Å². The van der Waals surface area contributed by atoms with Crippen LogP contribution < -0.4 is 5.73 Å². The van der Waals surface area contributed by atoms with Crippen LogP contribution in [0.4, 0.5) is 0 Å². The van der Waals surface area contributed by atoms with Gasteiger partial charge in [-0.2, -0.15) is 0 Å². The Morgan fingerprint density at radius 3 is 2.53 bits per heavy atom. The van der Waals surface area contributed by atoms with Crippen LogP contribution in [0.1, 0.15) is 25.3 Å². The molecule has 0 heterocycles. The predicted molar refractivity (Wildman–Crippen MR) is 62.3 cm³/mol. The lowest BCUT2D eigenvalue weighted by Gasteiger charge is -2.43. The topological polar surface area (TPSA) is 46.2 Å². The molecule has 0 amide bonds. The summed E-state index contributed by atoms with van der Waals surface area (Å²) in [5, 5.41) is 9.29. The zero-order valence-corrected chi connectivity index (χ0v) is 8.98. The van der Waals surface area contributed by atoms with E-state index in [0.717, 1.165) is 5.57 Å². The summed E-state index contributed by atoms with van der Waals surface area (Å²) < 4.78 is 0. The molecule has 2 heteroatoms. The number of hydrogen-bond donors (Lipinski definition) is 2. The van der Waals surface area contributed by atoms with Crippen molar-refractivity contribution in [2.75, 3.05) is 0 Å². The Morgan fingerprint density at radius 2 is 2.00 bits per heavy atom. The highest BCUT2D eigenvalue weighted by atomic mass is 16.3. The summed E-state index contributed by atoms with van der Waals surface area (Å²) in [5.41, 5.74) is 8.19. The smallest absolute Gasteiger partial charge is 0.0581 e. The van der Waals surface area contributed by atoms with E-state index in [0.29, 0.717) is 12.8 Å². The molecule has 0 saturated heterocycles. The molecule has 0 aromatic heterocycles. The van der Waals surface area contributed by atoms with Gasteiger partial charge in [0.25, 0.3) is 0 Å². The van der Waals surface area contributed by atoms with E-state index in [2.05, 4.69) is 18.2 Å². The maximum atomic E-state index is 9.29. The molecule has 3 N–H and O–H groups in total. The Bertz CT molecular complexity index is 363. The van der Waals surface area contributed by atoms with Crippen molar-refractivity contribution < 1.29 is 5.11 Å². The molecule has 0 atom stereocenters. The quantitative estimate of drug-likeness (QED) is 0.771. The van der Waals surface area contributed by atoms with E-state index >= 15 is 0 Å². The molecule has 0 unspecified atom stereocenters. The molecule has 0 radical (unpaired) electrons. The van der Waals surface area contributed by atoms with Crippen molar-refractivity contribution in [1.82, 2.24) is 0 Å². The highest BCUT2D eigenvalue weighted by molar-refractivity contribution is 5.55. The van der Waals surface area contributed by atoms with Crippen molar-refractivity contribution >= 4 is 6.08 Å². The van der Waals surface area contributed by atoms with Crippen LogP contribution in [-0.2, 0) is 0 Å². The van der Waals surface area contributed by atoms with Gasteiger partial charge in [-0.25, -0.2) is 0 Å². The summed E-state index contributed by atoms with van der Waals surface area (Å²) in [6.07, 6.45) is 3.25. The lowest BCUT2D eigenvalue weighted by molar-refractivity contribution is 0.0408. The largest absolute Gasteiger partial charge is 0.393 e. The Morgan fingerprint density at radius 1 is 1.40 bits per heavy atom. The SMILES string of the molecule is C/C(=C\c1ccccc1)C1(N)CC(O)C1. The van der Waals surface area contributed by atoms with Gasteiger partial charge in [-0.05, 0) is 25.3 Å². The van der Waals surface area contributed by atoms with Gasteiger partial charge in [-0.1, -0.05) is 42.0 Å². The van der Waals surface area contributed by atoms with Crippen molar-refractivity contribution in [1.29, 1.82) is 0 Å². The van der Waals surface area contributed by atoms with E-state index < -0.39 is 0 Å². The number of rotatable bonds is 2. The fraction of sp³-hybridized carbons (Fsp3) is 0.385. The lowest BCUT2D eigenvalue weighted by atomic mass is 9.70. The van der Waals surface area contributed by atoms with Crippen molar-refractivity contribution in [2.24, 2.45) is 5.73 Å². The average Bonchev–Trinajstić information content (AvgIpc) is 2.17. The monoisotopic (exact) mass is 203 g/mol. The second-order valence-corrected chi connectivity index (χ2v) is 4.46. The molecule has 1 aromatic carbocycles. The zero-order valence-electron chi connectivity index (χ0n) is 8.98. The third-order valence-corrected chi connectivity index (χ3v) is 3.17. The zero-order chi connectivity index (χ0) is 10.9. The minimum atomic E-state index is -0.282. The van der Waals surface area contributed by atoms with Crippen molar-refractivity contribution in [3.05, 3.63) is 41.5 Å². The van der Waals surface area contributed by atoms with Gasteiger partial charge in [0.05, 0.1) is 6.10 Å². The fourth-order valence-corrected chi connectivity index (χ4v) is 2.05. The average molecular weight is 203 g/mol. The third-order valence-electron chi connectivity index (χ3n) is 3.17. The second-order valence-electron chi connectivity index (χ2n) is 4.46. The first kappa shape index (κ1) is 10.4. The van der Waals surface area contributed by atoms with Crippen molar-refractivity contribution in [3.8, 4) is 0 Å². The van der Waals surface area contributed by atoms with E-state index in [1.54, 1.807) is 0 Å². The number of hydrogen-bond acceptors (Lipinski definition) is 2. The van der Waals surface area contributed by atoms with Gasteiger partial charge in [0, 0.05) is 5.54 Å². The summed E-state index contributed by atoms with van der Waals surface area (Å²) >= 11 is 0. The summed E-state index contributed by atoms with van der Waals surface area (Å²) in [7, 11) is 0. The van der Waals surface area contributed by atoms with E-state index in [-0.39, 0.29) is 11.6 Å². The minimum Gasteiger partial charge on any atom is -0.393 e. The number of aliphatic hydroxyl groups is 1. The van der Waals surface area contributed by atoms with Crippen LogP contribution in [-0.4, -0.2) is 16.7 Å². The van der Waals surface area contributed by atoms with Crippen molar-refractivity contribution in [3.63, 3.8) is 0 Å². The molecule has 0 bridgehead atoms. The molecule has 0 spiro atoms. The van der Waals surface area contributed by atoms with Gasteiger partial charge in [0.2, 0.25) is 0 Å². The molecule has 1 aliphatic carbocycles. The molecule has 2 nitrogen and oxygen atoms in total. The first-order valence-corrected chi connectivity index (χ1v) is 5.31. The maximum absolute atomic E-state index is 9.29. The fourth-order valence-electron chi connectivity index (χ4n) is 2.05. The summed E-state index contributed by atoms with van der Waals surface area (Å²) in [6.45, 7) is 2.04. The number of aliphatic hydroxyl groups excluding tert-OH is 1. The molecule has 1 fully saturated rings. The van der Waals surface area contributed by atoms with Crippen LogP contribution in [0.3, 0.4) is 0 Å². The Balaban J connectivity index is 2.15. The molecular formula is C13H17NO. The summed E-state index contributed by atoms with van der Waals surface area (Å²) in [5.74, 6) is 0. The van der Waals surface area contributed by atoms with E-state index in [4.69, 9.17) is 5.73 Å². The van der Waals surface area contributed by atoms with Crippen LogP contribution in [0.15, 0.2) is 35.9 Å². The van der Waals surface area contributed by atoms with Crippen molar-refractivity contribution in [2.45, 2.75) is 31.4 Å². The molecule has 15 heavy (non-hydrogen) atoms. The number of nitrogens with two attached hydrogens (primary N) is 1. The lowest BCUT2D eigenvalue weighted by Crippen LogP contribution is -2.55. The van der Waals surface area contributed by atoms with Crippen LogP contribution in [0, 0.1) is 0 Å². The minimum absolute atomic E-state index is 0.214. The van der Waals surface area contributed by atoms with Gasteiger partial charge in [-0.15, -0.1) is 0 Å². The Labute approximate surface area is 90.4 Å². The molecule has 1 aliphatic rings. The maximum Gasteiger partial charge on any atom is 0.0581 e. The summed E-state index contributed by atoms with van der Waals surface area (Å²) in [4.78, 5) is 0. The van der Waals surface area contributed by atoms with Crippen LogP contribution in [0.25, 0.3) is 6.08 Å². The molecule has 80 valence electrons. The van der Waals surface area contributed by atoms with Gasteiger partial charge < -0.3 is 10.8 Å². The van der Waals surface area contributed by atoms with E-state index in [1.165, 1.54) is 5.56 Å². The van der Waals surface area contributed by atoms with Gasteiger partial charge in [0.1, 0.15) is 0 Å². The Hall–Kier alpha value is -1.12. The highest BCUT2D eigenvalue weighted by Gasteiger charge is 2.41. The third kappa shape index (κ3) is 2.11. The van der Waals surface area contributed by atoms with Crippen LogP contribution in [0.5, 0.6) is 0 Å². The van der Waals surface area contributed by atoms with Gasteiger partial charge in [0.15, 0.2) is 0 Å². The summed E-state index contributed by atoms with van der Waals surface area (Å²) in [6, 6.07) is 10.1. The standard InChI is InChI=1S/C13H17NO/c1-10(13(14)8-12(15)9-13)7-11-5-3-2-4-6-11/h2-7,12,15H,8-9,14H2,1H3/b10-7+.